The van der Waals surface area contributed by atoms with Crippen molar-refractivity contribution in [3.8, 4) is 0 Å². The maximum atomic E-state index is 13.4. The van der Waals surface area contributed by atoms with Gasteiger partial charge in [-0.15, -0.1) is 0 Å². The van der Waals surface area contributed by atoms with Crippen molar-refractivity contribution < 1.29 is 18.0 Å². The molecule has 0 spiro atoms. The molecule has 0 saturated carbocycles. The molecular weight excluding hydrogens is 269 g/mol. The first kappa shape index (κ1) is 14.8. The van der Waals surface area contributed by atoms with Crippen LogP contribution in [0.2, 0.25) is 0 Å². The maximum absolute atomic E-state index is 13.4. The Morgan fingerprint density at radius 1 is 1.40 bits per heavy atom. The molecule has 1 saturated heterocycles. The van der Waals surface area contributed by atoms with E-state index in [0.717, 1.165) is 25.5 Å². The average Bonchev–Trinajstić information content (AvgIpc) is 2.38. The van der Waals surface area contributed by atoms with Gasteiger partial charge in [-0.05, 0) is 25.3 Å². The Balaban J connectivity index is 2.01. The summed E-state index contributed by atoms with van der Waals surface area (Å²) >= 11 is 0. The Labute approximate surface area is 115 Å². The number of benzene rings is 1. The number of nitrogens with one attached hydrogen (secondary N) is 2. The fourth-order valence-corrected chi connectivity index (χ4v) is 2.44. The zero-order valence-electron chi connectivity index (χ0n) is 11.2. The van der Waals surface area contributed by atoms with Gasteiger partial charge in [-0.25, -0.2) is 13.2 Å². The molecule has 1 aromatic carbocycles. The largest absolute Gasteiger partial charge is 0.323 e. The highest BCUT2D eigenvalue weighted by Gasteiger charge is 2.24. The third kappa shape index (κ3) is 3.50. The van der Waals surface area contributed by atoms with E-state index < -0.39 is 29.0 Å². The van der Waals surface area contributed by atoms with Crippen LogP contribution in [0.5, 0.6) is 0 Å². The monoisotopic (exact) mass is 286 g/mol. The van der Waals surface area contributed by atoms with E-state index in [2.05, 4.69) is 10.6 Å². The molecule has 20 heavy (non-hydrogen) atoms. The van der Waals surface area contributed by atoms with E-state index in [9.17, 15) is 18.0 Å². The van der Waals surface area contributed by atoms with Gasteiger partial charge in [-0.3, -0.25) is 4.79 Å². The minimum absolute atomic E-state index is 0.00483. The van der Waals surface area contributed by atoms with Gasteiger partial charge in [0.25, 0.3) is 0 Å². The first-order valence-corrected chi connectivity index (χ1v) is 6.65. The molecule has 0 bridgehead atoms. The number of hydrogen-bond donors (Lipinski definition) is 2. The molecule has 6 heteroatoms. The highest BCUT2D eigenvalue weighted by Crippen LogP contribution is 2.21. The van der Waals surface area contributed by atoms with Gasteiger partial charge >= 0.3 is 0 Å². The molecule has 2 atom stereocenters. The zero-order valence-corrected chi connectivity index (χ0v) is 11.2. The van der Waals surface area contributed by atoms with Gasteiger partial charge in [0.05, 0.1) is 5.69 Å². The van der Waals surface area contributed by atoms with Crippen LogP contribution < -0.4 is 10.6 Å². The average molecular weight is 286 g/mol. The Morgan fingerprint density at radius 3 is 2.85 bits per heavy atom. The summed E-state index contributed by atoms with van der Waals surface area (Å²) in [6.07, 6.45) is 2.23. The Kier molecular flexibility index (Phi) is 4.65. The second-order valence-electron chi connectivity index (χ2n) is 5.18. The van der Waals surface area contributed by atoms with Crippen LogP contribution in [0.3, 0.4) is 0 Å². The van der Waals surface area contributed by atoms with Gasteiger partial charge in [0.2, 0.25) is 5.91 Å². The summed E-state index contributed by atoms with van der Waals surface area (Å²) in [7, 11) is 0. The molecule has 1 aromatic rings. The Hall–Kier alpha value is -1.56. The summed E-state index contributed by atoms with van der Waals surface area (Å²) in [5, 5.41) is 5.45. The number of amides is 1. The minimum atomic E-state index is -1.32. The van der Waals surface area contributed by atoms with Crippen molar-refractivity contribution >= 4 is 11.6 Å². The van der Waals surface area contributed by atoms with Gasteiger partial charge in [0, 0.05) is 24.6 Å². The summed E-state index contributed by atoms with van der Waals surface area (Å²) in [6, 6.07) is 1.22. The third-order valence-electron chi connectivity index (χ3n) is 3.60. The smallest absolute Gasteiger partial charge is 0.226 e. The van der Waals surface area contributed by atoms with Crippen LogP contribution in [-0.2, 0) is 4.79 Å². The second kappa shape index (κ2) is 6.26. The quantitative estimate of drug-likeness (QED) is 0.839. The number of halogens is 3. The number of rotatable bonds is 3. The van der Waals surface area contributed by atoms with E-state index in [0.29, 0.717) is 12.0 Å². The summed E-state index contributed by atoms with van der Waals surface area (Å²) < 4.78 is 39.5. The van der Waals surface area contributed by atoms with Gasteiger partial charge in [0.1, 0.15) is 5.82 Å². The van der Waals surface area contributed by atoms with Gasteiger partial charge in [-0.1, -0.05) is 6.92 Å². The van der Waals surface area contributed by atoms with Crippen LogP contribution in [0.1, 0.15) is 26.2 Å². The number of anilines is 1. The van der Waals surface area contributed by atoms with Crippen LogP contribution in [0, 0.1) is 23.4 Å². The van der Waals surface area contributed by atoms with Crippen LogP contribution in [0.25, 0.3) is 0 Å². The first-order chi connectivity index (χ1) is 9.47. The van der Waals surface area contributed by atoms with E-state index >= 15 is 0 Å². The molecule has 2 N–H and O–H groups in total. The van der Waals surface area contributed by atoms with Crippen molar-refractivity contribution in [2.75, 3.05) is 11.9 Å². The lowest BCUT2D eigenvalue weighted by molar-refractivity contribution is -0.117. The molecular formula is C14H17F3N2O. The fourth-order valence-electron chi connectivity index (χ4n) is 2.44. The van der Waals surface area contributed by atoms with Gasteiger partial charge in [-0.2, -0.15) is 0 Å². The van der Waals surface area contributed by atoms with E-state index in [-0.39, 0.29) is 12.5 Å². The summed E-state index contributed by atoms with van der Waals surface area (Å²) in [5.74, 6) is -3.61. The van der Waals surface area contributed by atoms with Crippen molar-refractivity contribution in [1.82, 2.24) is 5.32 Å². The maximum Gasteiger partial charge on any atom is 0.226 e. The van der Waals surface area contributed by atoms with Gasteiger partial charge < -0.3 is 10.6 Å². The lowest BCUT2D eigenvalue weighted by Crippen LogP contribution is -2.42. The lowest BCUT2D eigenvalue weighted by Gasteiger charge is -2.29. The van der Waals surface area contributed by atoms with E-state index in [4.69, 9.17) is 0 Å². The van der Waals surface area contributed by atoms with Crippen LogP contribution in [-0.4, -0.2) is 18.5 Å². The number of carbonyl (C=O) groups excluding carboxylic acids is 1. The zero-order chi connectivity index (χ0) is 14.7. The van der Waals surface area contributed by atoms with Crippen molar-refractivity contribution in [3.63, 3.8) is 0 Å². The molecule has 110 valence electrons. The third-order valence-corrected chi connectivity index (χ3v) is 3.60. The van der Waals surface area contributed by atoms with Crippen molar-refractivity contribution in [1.29, 1.82) is 0 Å². The molecule has 0 radical (unpaired) electrons. The second-order valence-corrected chi connectivity index (χ2v) is 5.18. The minimum Gasteiger partial charge on any atom is -0.323 e. The fraction of sp³-hybridized carbons (Fsp3) is 0.500. The highest BCUT2D eigenvalue weighted by atomic mass is 19.2. The van der Waals surface area contributed by atoms with Gasteiger partial charge in [0.15, 0.2) is 11.6 Å². The van der Waals surface area contributed by atoms with E-state index in [1.165, 1.54) is 0 Å². The molecule has 1 aliphatic heterocycles. The summed E-state index contributed by atoms with van der Waals surface area (Å²) in [4.78, 5) is 11.8. The molecule has 1 heterocycles. The standard InChI is InChI=1S/C14H17F3N2O/c1-8-3-2-4-18-11(8)7-13(20)19-12-6-9(15)5-10(16)14(12)17/h5-6,8,11,18H,2-4,7H2,1H3,(H,19,20). The number of piperidine rings is 1. The molecule has 1 fully saturated rings. The normalized spacial score (nSPS) is 22.6. The molecule has 0 aliphatic carbocycles. The number of hydrogen-bond acceptors (Lipinski definition) is 2. The Bertz CT molecular complexity index is 507. The molecule has 0 aromatic heterocycles. The van der Waals surface area contributed by atoms with Crippen molar-refractivity contribution in [3.05, 3.63) is 29.6 Å². The molecule has 2 unspecified atom stereocenters. The summed E-state index contributed by atoms with van der Waals surface area (Å²) in [5.41, 5.74) is -0.462. The molecule has 1 aliphatic rings. The van der Waals surface area contributed by atoms with Crippen molar-refractivity contribution in [2.24, 2.45) is 5.92 Å². The SMILES string of the molecule is CC1CCCNC1CC(=O)Nc1cc(F)cc(F)c1F. The molecule has 3 nitrogen and oxygen atoms in total. The topological polar surface area (TPSA) is 41.1 Å². The van der Waals surface area contributed by atoms with E-state index in [1.54, 1.807) is 0 Å². The van der Waals surface area contributed by atoms with Crippen LogP contribution >= 0.6 is 0 Å². The lowest BCUT2D eigenvalue weighted by atomic mass is 9.90. The number of carbonyl (C=O) groups is 1. The summed E-state index contributed by atoms with van der Waals surface area (Å²) in [6.45, 7) is 2.87. The predicted octanol–water partition coefficient (Wildman–Crippen LogP) is 2.82. The molecule has 1 amide bonds. The van der Waals surface area contributed by atoms with E-state index in [1.807, 2.05) is 6.92 Å². The Morgan fingerprint density at radius 2 is 2.15 bits per heavy atom. The van der Waals surface area contributed by atoms with Crippen LogP contribution in [0.15, 0.2) is 12.1 Å². The first-order valence-electron chi connectivity index (χ1n) is 6.65. The van der Waals surface area contributed by atoms with Crippen molar-refractivity contribution in [2.45, 2.75) is 32.2 Å². The molecule has 2 rings (SSSR count). The predicted molar refractivity (Wildman–Crippen MR) is 69.8 cm³/mol. The van der Waals surface area contributed by atoms with Crippen LogP contribution in [0.4, 0.5) is 18.9 Å². The highest BCUT2D eigenvalue weighted by molar-refractivity contribution is 5.91.